The molecule has 7 nitrogen and oxygen atoms in total. The van der Waals surface area contributed by atoms with E-state index in [0.29, 0.717) is 53.5 Å². The number of aliphatic hydroxyl groups is 1. The average Bonchev–Trinajstić information content (AvgIpc) is 3.55. The smallest absolute Gasteiger partial charge is 0.261 e. The van der Waals surface area contributed by atoms with E-state index in [1.165, 1.54) is 17.7 Å². The predicted molar refractivity (Wildman–Crippen MR) is 131 cm³/mol. The molecule has 8 rings (SSSR count). The Kier molecular flexibility index (Phi) is 4.07. The number of hydrogen-bond acceptors (Lipinski definition) is 6. The molecule has 1 saturated heterocycles. The number of aromatic hydroxyl groups is 1. The van der Waals surface area contributed by atoms with Gasteiger partial charge in [0.25, 0.3) is 11.8 Å². The van der Waals surface area contributed by atoms with Crippen molar-refractivity contribution in [2.45, 2.75) is 67.7 Å². The van der Waals surface area contributed by atoms with Crippen molar-refractivity contribution in [1.82, 2.24) is 9.80 Å². The van der Waals surface area contributed by atoms with Crippen LogP contribution in [-0.4, -0.2) is 68.7 Å². The third-order valence-electron chi connectivity index (χ3n) is 9.94. The van der Waals surface area contributed by atoms with Crippen LogP contribution in [0.4, 0.5) is 0 Å². The number of piperidine rings is 1. The maximum atomic E-state index is 13.6. The summed E-state index contributed by atoms with van der Waals surface area (Å²) in [5.41, 5.74) is 0.801. The van der Waals surface area contributed by atoms with Gasteiger partial charge in [-0.1, -0.05) is 17.7 Å². The Bertz CT molecular complexity index is 1370. The van der Waals surface area contributed by atoms with Crippen molar-refractivity contribution >= 4 is 23.4 Å². The van der Waals surface area contributed by atoms with Gasteiger partial charge in [-0.2, -0.15) is 0 Å². The van der Waals surface area contributed by atoms with Gasteiger partial charge in [0.05, 0.1) is 28.2 Å². The second-order valence-corrected chi connectivity index (χ2v) is 12.0. The van der Waals surface area contributed by atoms with Crippen LogP contribution >= 0.6 is 11.6 Å². The maximum absolute atomic E-state index is 13.6. The second kappa shape index (κ2) is 6.82. The largest absolute Gasteiger partial charge is 0.504 e. The Labute approximate surface area is 213 Å². The monoisotopic (exact) mass is 506 g/mol. The van der Waals surface area contributed by atoms with Crippen LogP contribution in [0.2, 0.25) is 5.02 Å². The molecule has 2 aromatic carbocycles. The Morgan fingerprint density at radius 1 is 1.06 bits per heavy atom. The second-order valence-electron chi connectivity index (χ2n) is 11.6. The first-order chi connectivity index (χ1) is 17.3. The van der Waals surface area contributed by atoms with Gasteiger partial charge < -0.3 is 14.9 Å². The zero-order chi connectivity index (χ0) is 24.6. The summed E-state index contributed by atoms with van der Waals surface area (Å²) < 4.78 is 6.55. The fourth-order valence-electron chi connectivity index (χ4n) is 8.25. The number of likely N-dealkylation sites (tertiary alicyclic amines) is 1. The molecular weight excluding hydrogens is 480 g/mol. The molecule has 2 unspecified atom stereocenters. The zero-order valence-corrected chi connectivity index (χ0v) is 20.5. The zero-order valence-electron chi connectivity index (χ0n) is 19.7. The van der Waals surface area contributed by atoms with E-state index in [0.717, 1.165) is 24.2 Å². The lowest BCUT2D eigenvalue weighted by Crippen LogP contribution is -2.78. The van der Waals surface area contributed by atoms with Gasteiger partial charge in [-0.15, -0.1) is 0 Å². The summed E-state index contributed by atoms with van der Waals surface area (Å²) in [6.45, 7) is 1.82. The van der Waals surface area contributed by atoms with E-state index in [4.69, 9.17) is 16.3 Å². The molecule has 8 heteroatoms. The van der Waals surface area contributed by atoms with E-state index in [2.05, 4.69) is 4.90 Å². The first kappa shape index (κ1) is 21.5. The molecule has 3 aliphatic carbocycles. The number of phenolic OH excluding ortho intramolecular Hbond substituents is 1. The fraction of sp³-hybridized carbons (Fsp3) is 0.500. The molecule has 3 aliphatic heterocycles. The molecule has 1 spiro atoms. The number of carbonyl (C=O) groups is 2. The highest BCUT2D eigenvalue weighted by Gasteiger charge is 2.74. The molecule has 5 atom stereocenters. The van der Waals surface area contributed by atoms with Crippen molar-refractivity contribution in [3.63, 3.8) is 0 Å². The van der Waals surface area contributed by atoms with Crippen LogP contribution in [0.3, 0.4) is 0 Å². The first-order valence-corrected chi connectivity index (χ1v) is 13.4. The number of imide groups is 1. The Balaban J connectivity index is 1.27. The summed E-state index contributed by atoms with van der Waals surface area (Å²) in [7, 11) is 0. The summed E-state index contributed by atoms with van der Waals surface area (Å²) in [4.78, 5) is 30.9. The van der Waals surface area contributed by atoms with Gasteiger partial charge in [0.15, 0.2) is 11.5 Å². The van der Waals surface area contributed by atoms with E-state index in [1.807, 2.05) is 6.07 Å². The quantitative estimate of drug-likeness (QED) is 0.621. The summed E-state index contributed by atoms with van der Waals surface area (Å²) in [5.74, 6) is 0.452. The van der Waals surface area contributed by atoms with Gasteiger partial charge in [0.2, 0.25) is 0 Å². The lowest BCUT2D eigenvalue weighted by Gasteiger charge is -2.64. The number of halogens is 1. The van der Waals surface area contributed by atoms with Gasteiger partial charge in [0.1, 0.15) is 6.10 Å². The van der Waals surface area contributed by atoms with Crippen LogP contribution in [0.1, 0.15) is 63.9 Å². The number of hydrogen-bond donors (Lipinski definition) is 2. The van der Waals surface area contributed by atoms with E-state index in [1.54, 1.807) is 24.3 Å². The van der Waals surface area contributed by atoms with Crippen molar-refractivity contribution < 1.29 is 24.5 Å². The Morgan fingerprint density at radius 3 is 2.67 bits per heavy atom. The van der Waals surface area contributed by atoms with Crippen LogP contribution in [0.25, 0.3) is 0 Å². The highest BCUT2D eigenvalue weighted by molar-refractivity contribution is 6.32. The van der Waals surface area contributed by atoms with Crippen molar-refractivity contribution in [2.24, 2.45) is 5.92 Å². The molecule has 2 amide bonds. The number of phenols is 1. The highest BCUT2D eigenvalue weighted by Crippen LogP contribution is 2.66. The summed E-state index contributed by atoms with van der Waals surface area (Å²) in [6.07, 6.45) is 4.15. The van der Waals surface area contributed by atoms with Gasteiger partial charge in [0, 0.05) is 23.2 Å². The summed E-state index contributed by atoms with van der Waals surface area (Å²) in [6, 6.07) is 7.81. The van der Waals surface area contributed by atoms with Crippen LogP contribution in [0.15, 0.2) is 30.3 Å². The minimum Gasteiger partial charge on any atom is -0.504 e. The van der Waals surface area contributed by atoms with Gasteiger partial charge >= 0.3 is 0 Å². The van der Waals surface area contributed by atoms with Crippen LogP contribution in [0.5, 0.6) is 11.5 Å². The predicted octanol–water partition coefficient (Wildman–Crippen LogP) is 3.27. The average molecular weight is 507 g/mol. The molecule has 3 heterocycles. The third-order valence-corrected chi connectivity index (χ3v) is 10.2. The van der Waals surface area contributed by atoms with Gasteiger partial charge in [-0.25, -0.2) is 0 Å². The number of carbonyl (C=O) groups excluding carboxylic acids is 2. The molecule has 6 aliphatic rings. The fourth-order valence-corrected chi connectivity index (χ4v) is 8.42. The molecule has 36 heavy (non-hydrogen) atoms. The number of rotatable bonds is 3. The van der Waals surface area contributed by atoms with Crippen molar-refractivity contribution in [2.75, 3.05) is 13.1 Å². The molecule has 2 aromatic rings. The van der Waals surface area contributed by atoms with Gasteiger partial charge in [-0.05, 0) is 80.8 Å². The molecule has 0 aromatic heterocycles. The van der Waals surface area contributed by atoms with Crippen molar-refractivity contribution in [3.05, 3.63) is 57.6 Å². The molecule has 2 saturated carbocycles. The van der Waals surface area contributed by atoms with Crippen LogP contribution in [-0.2, 0) is 11.8 Å². The molecule has 2 N–H and O–H groups in total. The Hall–Kier alpha value is -2.61. The number of benzene rings is 2. The van der Waals surface area contributed by atoms with Crippen molar-refractivity contribution in [3.8, 4) is 11.5 Å². The molecule has 3 fully saturated rings. The third kappa shape index (κ3) is 2.42. The molecule has 0 radical (unpaired) electrons. The SMILES string of the molecule is O=C1c2ccc(Cl)cc2C(=O)N1C1CC[C@@]2(O)[C@H]3Cc4ccc(O)c5c4[C@@]2(CCN3CC2CC2)C1O5. The van der Waals surface area contributed by atoms with Gasteiger partial charge in [-0.3, -0.25) is 19.4 Å². The van der Waals surface area contributed by atoms with Crippen LogP contribution in [0, 0.1) is 5.92 Å². The summed E-state index contributed by atoms with van der Waals surface area (Å²) in [5, 5.41) is 23.8. The van der Waals surface area contributed by atoms with E-state index in [-0.39, 0.29) is 23.6 Å². The number of nitrogens with zero attached hydrogens (tertiary/aromatic N) is 2. The number of fused-ring (bicyclic) bond motifs is 1. The Morgan fingerprint density at radius 2 is 1.86 bits per heavy atom. The minimum atomic E-state index is -1.06. The lowest BCUT2D eigenvalue weighted by atomic mass is 9.48. The molecular formula is C28H27ClN2O5. The summed E-state index contributed by atoms with van der Waals surface area (Å²) >= 11 is 6.15. The van der Waals surface area contributed by atoms with E-state index >= 15 is 0 Å². The van der Waals surface area contributed by atoms with E-state index < -0.39 is 23.2 Å². The molecule has 186 valence electrons. The maximum Gasteiger partial charge on any atom is 0.261 e. The molecule has 2 bridgehead atoms. The minimum absolute atomic E-state index is 0.0478. The van der Waals surface area contributed by atoms with Crippen LogP contribution < -0.4 is 4.74 Å². The topological polar surface area (TPSA) is 90.3 Å². The van der Waals surface area contributed by atoms with Crippen molar-refractivity contribution in [1.29, 1.82) is 0 Å². The number of ether oxygens (including phenoxy) is 1. The first-order valence-electron chi connectivity index (χ1n) is 13.0. The lowest BCUT2D eigenvalue weighted by molar-refractivity contribution is -0.196. The number of amides is 2. The highest BCUT2D eigenvalue weighted by atomic mass is 35.5. The van der Waals surface area contributed by atoms with E-state index in [9.17, 15) is 19.8 Å². The standard InChI is InChI=1S/C28H27ClN2O5/c29-16-4-5-17-18(12-16)26(34)31(25(17)33)19-7-8-28(35)21-11-15-3-6-20(32)23-22(15)27(28,24(19)36-23)9-10-30(21)13-14-1-2-14/h3-6,12,14,19,21,24,32,35H,1-2,7-11,13H2/t19?,21-,24?,27+,28-/m1/s1. The normalized spacial score (nSPS) is 36.1.